The molecule has 1 N–H and O–H groups in total. The van der Waals surface area contributed by atoms with E-state index in [-0.39, 0.29) is 4.90 Å². The second-order valence-corrected chi connectivity index (χ2v) is 7.94. The molecule has 0 bridgehead atoms. The molecule has 0 aliphatic rings. The minimum Gasteiger partial charge on any atom is -0.350 e. The van der Waals surface area contributed by atoms with Crippen molar-refractivity contribution < 1.29 is 8.42 Å². The molecule has 0 saturated carbocycles. The lowest BCUT2D eigenvalue weighted by molar-refractivity contribution is 0.602. The Morgan fingerprint density at radius 1 is 1.00 bits per heavy atom. The number of nitrogens with one attached hydrogen (secondary N) is 1. The number of benzene rings is 2. The minimum absolute atomic E-state index is 0.263. The topological polar surface area (TPSA) is 72.0 Å². The maximum Gasteiger partial charge on any atom is 0.224 e. The van der Waals surface area contributed by atoms with E-state index >= 15 is 0 Å². The van der Waals surface area contributed by atoms with Crippen molar-refractivity contribution in [3.63, 3.8) is 0 Å². The minimum atomic E-state index is -3.23. The Morgan fingerprint density at radius 3 is 2.32 bits per heavy atom. The molecule has 0 amide bonds. The van der Waals surface area contributed by atoms with E-state index in [1.165, 1.54) is 6.26 Å². The summed E-state index contributed by atoms with van der Waals surface area (Å²) >= 11 is 6.10. The third-order valence-corrected chi connectivity index (χ3v) is 4.89. The Balaban J connectivity index is 1.84. The van der Waals surface area contributed by atoms with Crippen molar-refractivity contribution >= 4 is 27.4 Å². The van der Waals surface area contributed by atoms with E-state index in [0.29, 0.717) is 23.3 Å². The Kier molecular flexibility index (Phi) is 5.01. The first-order valence-electron chi connectivity index (χ1n) is 7.55. The van der Waals surface area contributed by atoms with Crippen LogP contribution >= 0.6 is 11.6 Å². The average Bonchev–Trinajstić information content (AvgIpc) is 2.60. The van der Waals surface area contributed by atoms with Crippen molar-refractivity contribution in [3.8, 4) is 11.3 Å². The van der Waals surface area contributed by atoms with Gasteiger partial charge in [-0.25, -0.2) is 18.4 Å². The van der Waals surface area contributed by atoms with Crippen LogP contribution in [0.3, 0.4) is 0 Å². The summed E-state index contributed by atoms with van der Waals surface area (Å²) in [5.74, 6) is 0.415. The molecule has 128 valence electrons. The molecular weight excluding hydrogens is 358 g/mol. The highest BCUT2D eigenvalue weighted by molar-refractivity contribution is 7.90. The molecule has 0 atom stereocenters. The quantitative estimate of drug-likeness (QED) is 0.688. The van der Waals surface area contributed by atoms with Gasteiger partial charge in [0.1, 0.15) is 5.15 Å². The molecule has 25 heavy (non-hydrogen) atoms. The van der Waals surface area contributed by atoms with Crippen LogP contribution in [-0.4, -0.2) is 24.6 Å². The molecule has 0 fully saturated rings. The number of nitrogens with zero attached hydrogens (tertiary/aromatic N) is 2. The van der Waals surface area contributed by atoms with Gasteiger partial charge in [0.05, 0.1) is 10.6 Å². The van der Waals surface area contributed by atoms with Crippen molar-refractivity contribution in [2.75, 3.05) is 11.6 Å². The number of aromatic nitrogens is 2. The molecule has 3 aromatic rings. The van der Waals surface area contributed by atoms with E-state index in [9.17, 15) is 8.42 Å². The van der Waals surface area contributed by atoms with Gasteiger partial charge in [-0.3, -0.25) is 0 Å². The maximum absolute atomic E-state index is 11.6. The van der Waals surface area contributed by atoms with E-state index in [2.05, 4.69) is 15.3 Å². The Labute approximate surface area is 151 Å². The summed E-state index contributed by atoms with van der Waals surface area (Å²) in [6, 6.07) is 18.0. The summed E-state index contributed by atoms with van der Waals surface area (Å²) in [6.07, 6.45) is 1.18. The van der Waals surface area contributed by atoms with Crippen molar-refractivity contribution in [3.05, 3.63) is 71.4 Å². The van der Waals surface area contributed by atoms with Gasteiger partial charge in [0.25, 0.3) is 0 Å². The lowest BCUT2D eigenvalue weighted by Crippen LogP contribution is -2.04. The Morgan fingerprint density at radius 2 is 1.68 bits per heavy atom. The Bertz CT molecular complexity index is 975. The number of hydrogen-bond acceptors (Lipinski definition) is 5. The molecule has 3 rings (SSSR count). The zero-order valence-electron chi connectivity index (χ0n) is 13.5. The number of halogens is 1. The van der Waals surface area contributed by atoms with Crippen LogP contribution in [0, 0.1) is 0 Å². The van der Waals surface area contributed by atoms with Crippen LogP contribution in [0.15, 0.2) is 65.6 Å². The maximum atomic E-state index is 11.6. The molecule has 0 aliphatic carbocycles. The van der Waals surface area contributed by atoms with Crippen LogP contribution in [-0.2, 0) is 16.4 Å². The van der Waals surface area contributed by atoms with Crippen molar-refractivity contribution in [2.24, 2.45) is 0 Å². The van der Waals surface area contributed by atoms with Crippen LogP contribution in [0.25, 0.3) is 11.3 Å². The van der Waals surface area contributed by atoms with E-state index in [1.54, 1.807) is 30.3 Å². The third-order valence-electron chi connectivity index (χ3n) is 3.57. The van der Waals surface area contributed by atoms with Crippen LogP contribution in [0.2, 0.25) is 5.15 Å². The van der Waals surface area contributed by atoms with Crippen molar-refractivity contribution in [1.82, 2.24) is 9.97 Å². The zero-order valence-corrected chi connectivity index (χ0v) is 15.1. The highest BCUT2D eigenvalue weighted by Gasteiger charge is 2.09. The van der Waals surface area contributed by atoms with Gasteiger partial charge >= 0.3 is 0 Å². The second kappa shape index (κ2) is 7.21. The van der Waals surface area contributed by atoms with Crippen molar-refractivity contribution in [2.45, 2.75) is 11.4 Å². The van der Waals surface area contributed by atoms with Crippen LogP contribution in [0.5, 0.6) is 0 Å². The highest BCUT2D eigenvalue weighted by Crippen LogP contribution is 2.23. The summed E-state index contributed by atoms with van der Waals surface area (Å²) in [5.41, 5.74) is 2.49. The van der Waals surface area contributed by atoms with Crippen molar-refractivity contribution in [1.29, 1.82) is 0 Å². The fourth-order valence-corrected chi connectivity index (χ4v) is 3.11. The van der Waals surface area contributed by atoms with E-state index in [4.69, 9.17) is 11.6 Å². The lowest BCUT2D eigenvalue weighted by Gasteiger charge is -2.08. The normalized spacial score (nSPS) is 11.3. The second-order valence-electron chi connectivity index (χ2n) is 5.54. The Hall–Kier alpha value is -2.44. The highest BCUT2D eigenvalue weighted by atomic mass is 35.5. The van der Waals surface area contributed by atoms with Gasteiger partial charge < -0.3 is 5.32 Å². The molecule has 0 spiro atoms. The molecular formula is C18H16ClN3O2S. The predicted octanol–water partition coefficient (Wildman–Crippen LogP) is 3.81. The summed E-state index contributed by atoms with van der Waals surface area (Å²) in [6.45, 7) is 0.577. The monoisotopic (exact) mass is 373 g/mol. The first-order valence-corrected chi connectivity index (χ1v) is 9.81. The number of sulfone groups is 1. The van der Waals surface area contributed by atoms with E-state index in [1.807, 2.05) is 30.3 Å². The van der Waals surface area contributed by atoms with Crippen LogP contribution in [0.1, 0.15) is 5.56 Å². The SMILES string of the molecule is CS(=O)(=O)c1ccc(-c2cc(Cl)nc(NCc3ccccc3)n2)cc1. The largest absolute Gasteiger partial charge is 0.350 e. The molecule has 0 radical (unpaired) electrons. The smallest absolute Gasteiger partial charge is 0.224 e. The van der Waals surface area contributed by atoms with Gasteiger partial charge in [0.2, 0.25) is 5.95 Å². The van der Waals surface area contributed by atoms with Gasteiger partial charge in [-0.1, -0.05) is 54.1 Å². The summed E-state index contributed by atoms with van der Waals surface area (Å²) in [7, 11) is -3.23. The van der Waals surface area contributed by atoms with Gasteiger partial charge in [-0.15, -0.1) is 0 Å². The molecule has 0 aliphatic heterocycles. The number of anilines is 1. The molecule has 1 heterocycles. The number of rotatable bonds is 5. The molecule has 2 aromatic carbocycles. The van der Waals surface area contributed by atoms with Gasteiger partial charge in [0.15, 0.2) is 9.84 Å². The molecule has 7 heteroatoms. The van der Waals surface area contributed by atoms with E-state index in [0.717, 1.165) is 11.1 Å². The van der Waals surface area contributed by atoms with Crippen LogP contribution in [0.4, 0.5) is 5.95 Å². The first-order chi connectivity index (χ1) is 11.9. The van der Waals surface area contributed by atoms with E-state index < -0.39 is 9.84 Å². The fraction of sp³-hybridized carbons (Fsp3) is 0.111. The molecule has 5 nitrogen and oxygen atoms in total. The van der Waals surface area contributed by atoms with Gasteiger partial charge in [-0.2, -0.15) is 0 Å². The standard InChI is InChI=1S/C18H16ClN3O2S/c1-25(23,24)15-9-7-14(8-10-15)16-11-17(19)22-18(21-16)20-12-13-5-3-2-4-6-13/h2-11H,12H2,1H3,(H,20,21,22). The fourth-order valence-electron chi connectivity index (χ4n) is 2.29. The average molecular weight is 374 g/mol. The van der Waals surface area contributed by atoms with Crippen LogP contribution < -0.4 is 5.32 Å². The summed E-state index contributed by atoms with van der Waals surface area (Å²) in [4.78, 5) is 8.90. The molecule has 1 aromatic heterocycles. The predicted molar refractivity (Wildman–Crippen MR) is 99.4 cm³/mol. The number of hydrogen-bond donors (Lipinski definition) is 1. The van der Waals surface area contributed by atoms with Gasteiger partial charge in [-0.05, 0) is 17.7 Å². The lowest BCUT2D eigenvalue weighted by atomic mass is 10.1. The summed E-state index contributed by atoms with van der Waals surface area (Å²) in [5, 5.41) is 3.46. The first kappa shape index (κ1) is 17.4. The van der Waals surface area contributed by atoms with Gasteiger partial charge in [0, 0.05) is 24.4 Å². The summed E-state index contributed by atoms with van der Waals surface area (Å²) < 4.78 is 23.1. The zero-order chi connectivity index (χ0) is 17.9. The third kappa shape index (κ3) is 4.55. The molecule has 0 saturated heterocycles. The molecule has 0 unspecified atom stereocenters.